The molecule has 94 valence electrons. The third-order valence-corrected chi connectivity index (χ3v) is 4.49. The van der Waals surface area contributed by atoms with Gasteiger partial charge in [0.05, 0.1) is 0 Å². The van der Waals surface area contributed by atoms with E-state index in [9.17, 15) is 14.4 Å². The van der Waals surface area contributed by atoms with Gasteiger partial charge in [-0.15, -0.1) is 11.3 Å². The molecule has 0 aliphatic rings. The van der Waals surface area contributed by atoms with Gasteiger partial charge < -0.3 is 0 Å². The monoisotopic (exact) mass is 270 g/mol. The van der Waals surface area contributed by atoms with Crippen molar-refractivity contribution >= 4 is 22.1 Å². The third kappa shape index (κ3) is 1.76. The molecular weight excluding hydrogens is 260 g/mol. The van der Waals surface area contributed by atoms with Crippen molar-refractivity contribution in [1.82, 2.24) is 0 Å². The highest BCUT2D eigenvalue weighted by molar-refractivity contribution is 7.15. The summed E-state index contributed by atoms with van der Waals surface area (Å²) in [6.45, 7) is 2.08. The molecule has 0 spiro atoms. The van der Waals surface area contributed by atoms with Gasteiger partial charge in [-0.1, -0.05) is 13.0 Å². The number of hydrogen-bond donors (Lipinski definition) is 0. The summed E-state index contributed by atoms with van der Waals surface area (Å²) in [5.41, 5.74) is -1.42. The zero-order valence-corrected chi connectivity index (χ0v) is 11.0. The van der Waals surface area contributed by atoms with Crippen LogP contribution in [0.15, 0.2) is 44.7 Å². The number of hydrogen-bond acceptors (Lipinski definition) is 4. The molecule has 1 heterocycles. The van der Waals surface area contributed by atoms with Crippen molar-refractivity contribution in [3.63, 3.8) is 0 Å². The third-order valence-electron chi connectivity index (χ3n) is 3.22. The fourth-order valence-corrected chi connectivity index (χ4v) is 3.10. The number of rotatable bonds is 2. The maximum atomic E-state index is 11.7. The number of benzene rings is 1. The first-order valence-corrected chi connectivity index (χ1v) is 6.80. The summed E-state index contributed by atoms with van der Waals surface area (Å²) in [5, 5.41) is 0.463. The van der Waals surface area contributed by atoms with Crippen LogP contribution in [0.25, 0.3) is 21.2 Å². The van der Waals surface area contributed by atoms with Crippen molar-refractivity contribution in [1.29, 1.82) is 0 Å². The predicted octanol–water partition coefficient (Wildman–Crippen LogP) is 2.09. The summed E-state index contributed by atoms with van der Waals surface area (Å²) >= 11 is 1.65. The molecule has 0 N–H and O–H groups in total. The lowest BCUT2D eigenvalue weighted by Gasteiger charge is -1.97. The standard InChI is InChI=1S/C15H10O3S/c1-2-9-4-6-12(19-9)8-3-5-10-11(7-8)14(17)15(18)13(10)16/h3-7H,2H2,1H3. The Morgan fingerprint density at radius 1 is 0.895 bits per heavy atom. The second-order valence-electron chi connectivity index (χ2n) is 4.37. The minimum atomic E-state index is -0.924. The van der Waals surface area contributed by atoms with Gasteiger partial charge in [-0.25, -0.2) is 0 Å². The summed E-state index contributed by atoms with van der Waals surface area (Å²) in [6.07, 6.45) is 0.964. The molecule has 1 aromatic heterocycles. The van der Waals surface area contributed by atoms with Crippen LogP contribution in [-0.2, 0) is 6.42 Å². The number of aryl methyl sites for hydroxylation is 1. The summed E-state index contributed by atoms with van der Waals surface area (Å²) in [7, 11) is 0. The van der Waals surface area contributed by atoms with Gasteiger partial charge in [0.25, 0.3) is 5.43 Å². The molecule has 0 saturated carbocycles. The van der Waals surface area contributed by atoms with Gasteiger partial charge in [-0.05, 0) is 36.2 Å². The highest BCUT2D eigenvalue weighted by Gasteiger charge is 2.13. The average Bonchev–Trinajstić information content (AvgIpc) is 2.99. The molecule has 19 heavy (non-hydrogen) atoms. The molecule has 3 aromatic rings. The van der Waals surface area contributed by atoms with Crippen LogP contribution in [0.1, 0.15) is 11.8 Å². The topological polar surface area (TPSA) is 51.2 Å². The van der Waals surface area contributed by atoms with Gasteiger partial charge in [0.1, 0.15) is 0 Å². The Balaban J connectivity index is 2.27. The fraction of sp³-hybridized carbons (Fsp3) is 0.133. The van der Waals surface area contributed by atoms with Crippen LogP contribution in [0.3, 0.4) is 0 Å². The molecule has 0 fully saturated rings. The molecule has 0 radical (unpaired) electrons. The zero-order chi connectivity index (χ0) is 13.6. The molecule has 0 unspecified atom stereocenters. The molecule has 0 aliphatic carbocycles. The van der Waals surface area contributed by atoms with E-state index >= 15 is 0 Å². The molecule has 3 nitrogen and oxygen atoms in total. The van der Waals surface area contributed by atoms with Crippen molar-refractivity contribution in [2.75, 3.05) is 0 Å². The van der Waals surface area contributed by atoms with Crippen LogP contribution in [-0.4, -0.2) is 0 Å². The van der Waals surface area contributed by atoms with Gasteiger partial charge in [0.2, 0.25) is 10.9 Å². The Hall–Kier alpha value is -2.07. The Kier molecular flexibility index (Phi) is 2.68. The predicted molar refractivity (Wildman–Crippen MR) is 77.8 cm³/mol. The van der Waals surface area contributed by atoms with Gasteiger partial charge in [0, 0.05) is 20.5 Å². The summed E-state index contributed by atoms with van der Waals surface area (Å²) in [5.74, 6) is 0. The van der Waals surface area contributed by atoms with Crippen LogP contribution in [0.2, 0.25) is 0 Å². The minimum Gasteiger partial charge on any atom is -0.285 e. The normalized spacial score (nSPS) is 11.2. The quantitative estimate of drug-likeness (QED) is 0.670. The van der Waals surface area contributed by atoms with Gasteiger partial charge >= 0.3 is 0 Å². The van der Waals surface area contributed by atoms with Crippen LogP contribution in [0.4, 0.5) is 0 Å². The van der Waals surface area contributed by atoms with Crippen molar-refractivity contribution < 1.29 is 0 Å². The lowest BCUT2D eigenvalue weighted by molar-refractivity contribution is 1.19. The maximum absolute atomic E-state index is 11.7. The van der Waals surface area contributed by atoms with Crippen molar-refractivity contribution in [3.05, 3.63) is 65.9 Å². The van der Waals surface area contributed by atoms with E-state index in [1.165, 1.54) is 4.88 Å². The first kappa shape index (κ1) is 12.0. The summed E-state index contributed by atoms with van der Waals surface area (Å²) in [4.78, 5) is 36.9. The molecule has 0 saturated heterocycles. The molecule has 0 atom stereocenters. The van der Waals surface area contributed by atoms with Gasteiger partial charge in [-0.3, -0.25) is 14.4 Å². The van der Waals surface area contributed by atoms with E-state index in [0.717, 1.165) is 16.9 Å². The molecule has 0 amide bonds. The first-order chi connectivity index (χ1) is 9.11. The average molecular weight is 270 g/mol. The smallest absolute Gasteiger partial charge is 0.273 e. The molecule has 2 aromatic carbocycles. The molecule has 3 rings (SSSR count). The van der Waals surface area contributed by atoms with Crippen LogP contribution in [0.5, 0.6) is 0 Å². The Labute approximate surface area is 112 Å². The van der Waals surface area contributed by atoms with Crippen LogP contribution < -0.4 is 16.3 Å². The minimum absolute atomic E-state index is 0.228. The lowest BCUT2D eigenvalue weighted by atomic mass is 10.1. The molecule has 0 bridgehead atoms. The second kappa shape index (κ2) is 4.24. The van der Waals surface area contributed by atoms with Gasteiger partial charge in [0.15, 0.2) is 0 Å². The highest BCUT2D eigenvalue weighted by Crippen LogP contribution is 2.29. The van der Waals surface area contributed by atoms with E-state index in [4.69, 9.17) is 0 Å². The number of fused-ring (bicyclic) bond motifs is 1. The Morgan fingerprint density at radius 3 is 2.32 bits per heavy atom. The maximum Gasteiger partial charge on any atom is 0.273 e. The lowest BCUT2D eigenvalue weighted by Crippen LogP contribution is -2.29. The zero-order valence-electron chi connectivity index (χ0n) is 10.2. The van der Waals surface area contributed by atoms with Crippen LogP contribution in [0, 0.1) is 0 Å². The highest BCUT2D eigenvalue weighted by atomic mass is 32.1. The van der Waals surface area contributed by atoms with E-state index in [1.54, 1.807) is 29.5 Å². The largest absolute Gasteiger partial charge is 0.285 e. The van der Waals surface area contributed by atoms with Crippen molar-refractivity contribution in [2.24, 2.45) is 0 Å². The first-order valence-electron chi connectivity index (χ1n) is 5.98. The number of thiophene rings is 1. The van der Waals surface area contributed by atoms with E-state index < -0.39 is 16.3 Å². The van der Waals surface area contributed by atoms with E-state index in [2.05, 4.69) is 6.92 Å². The van der Waals surface area contributed by atoms with Crippen molar-refractivity contribution in [3.8, 4) is 10.4 Å². The molecule has 0 aliphatic heterocycles. The molecule has 4 heteroatoms. The Morgan fingerprint density at radius 2 is 1.63 bits per heavy atom. The van der Waals surface area contributed by atoms with Crippen molar-refractivity contribution in [2.45, 2.75) is 13.3 Å². The van der Waals surface area contributed by atoms with Gasteiger partial charge in [-0.2, -0.15) is 0 Å². The summed E-state index contributed by atoms with van der Waals surface area (Å²) in [6, 6.07) is 9.04. The SMILES string of the molecule is CCc1ccc(-c2ccc3c(=O)c(=O)c(=O)c3c2)s1. The fourth-order valence-electron chi connectivity index (χ4n) is 2.15. The summed E-state index contributed by atoms with van der Waals surface area (Å²) < 4.78 is 0. The Bertz CT molecular complexity index is 911. The van der Waals surface area contributed by atoms with Crippen LogP contribution >= 0.6 is 11.3 Å². The molecular formula is C15H10O3S. The van der Waals surface area contributed by atoms with E-state index in [1.807, 2.05) is 12.1 Å². The second-order valence-corrected chi connectivity index (χ2v) is 5.54. The van der Waals surface area contributed by atoms with E-state index in [0.29, 0.717) is 0 Å². The van der Waals surface area contributed by atoms with E-state index in [-0.39, 0.29) is 10.8 Å².